The van der Waals surface area contributed by atoms with Gasteiger partial charge in [0.05, 0.1) is 0 Å². The van der Waals surface area contributed by atoms with E-state index in [1.54, 1.807) is 10.7 Å². The first-order chi connectivity index (χ1) is 8.08. The Labute approximate surface area is 107 Å². The van der Waals surface area contributed by atoms with Crippen LogP contribution < -0.4 is 5.73 Å². The fraction of sp³-hybridized carbons (Fsp3) is 0.273. The number of rotatable bonds is 3. The van der Waals surface area contributed by atoms with Crippen LogP contribution >= 0.6 is 15.9 Å². The van der Waals surface area contributed by atoms with E-state index in [2.05, 4.69) is 26.0 Å². The van der Waals surface area contributed by atoms with Crippen molar-refractivity contribution in [3.8, 4) is 0 Å². The van der Waals surface area contributed by atoms with E-state index >= 15 is 0 Å². The van der Waals surface area contributed by atoms with Crippen LogP contribution in [-0.4, -0.2) is 14.8 Å². The maximum Gasteiger partial charge on any atom is 0.138 e. The highest BCUT2D eigenvalue weighted by molar-refractivity contribution is 9.10. The van der Waals surface area contributed by atoms with Gasteiger partial charge in [-0.1, -0.05) is 22.0 Å². The molecule has 2 aromatic rings. The van der Waals surface area contributed by atoms with E-state index in [0.29, 0.717) is 10.9 Å². The molecular weight excluding hydrogens is 287 g/mol. The second-order valence-corrected chi connectivity index (χ2v) is 4.63. The van der Waals surface area contributed by atoms with Crippen LogP contribution in [0.25, 0.3) is 0 Å². The first-order valence-corrected chi connectivity index (χ1v) is 5.90. The monoisotopic (exact) mass is 298 g/mol. The zero-order valence-corrected chi connectivity index (χ0v) is 10.9. The summed E-state index contributed by atoms with van der Waals surface area (Å²) < 4.78 is 15.3. The van der Waals surface area contributed by atoms with Crippen molar-refractivity contribution in [2.45, 2.75) is 12.5 Å². The highest BCUT2D eigenvalue weighted by atomic mass is 79.9. The third-order valence-electron chi connectivity index (χ3n) is 2.57. The molecule has 2 rings (SSSR count). The maximum atomic E-state index is 13.0. The van der Waals surface area contributed by atoms with Crippen LogP contribution in [0.4, 0.5) is 4.39 Å². The Morgan fingerprint density at radius 2 is 2.29 bits per heavy atom. The summed E-state index contributed by atoms with van der Waals surface area (Å²) in [6, 6.07) is 4.25. The Bertz CT molecular complexity index is 526. The number of nitrogens with two attached hydrogens (primary N) is 1. The zero-order valence-electron chi connectivity index (χ0n) is 9.27. The maximum absolute atomic E-state index is 13.0. The molecule has 6 heteroatoms. The van der Waals surface area contributed by atoms with Gasteiger partial charge in [0.15, 0.2) is 0 Å². The topological polar surface area (TPSA) is 56.7 Å². The predicted molar refractivity (Wildman–Crippen MR) is 65.7 cm³/mol. The third-order valence-corrected chi connectivity index (χ3v) is 3.26. The standard InChI is InChI=1S/C11H12BrFN4/c1-17-11(15-6-16-17)5-10(14)8-3-2-7(13)4-9(8)12/h2-4,6,10H,5,14H2,1H3. The summed E-state index contributed by atoms with van der Waals surface area (Å²) in [4.78, 5) is 4.11. The molecule has 0 radical (unpaired) electrons. The summed E-state index contributed by atoms with van der Waals surface area (Å²) in [6.07, 6.45) is 2.04. The molecule has 1 atom stereocenters. The summed E-state index contributed by atoms with van der Waals surface area (Å²) in [5, 5.41) is 3.98. The lowest BCUT2D eigenvalue weighted by Crippen LogP contribution is -2.16. The number of aromatic nitrogens is 3. The average Bonchev–Trinajstić information content (AvgIpc) is 2.64. The molecule has 1 unspecified atom stereocenters. The van der Waals surface area contributed by atoms with Crippen LogP contribution in [0, 0.1) is 5.82 Å². The fourth-order valence-electron chi connectivity index (χ4n) is 1.61. The molecular formula is C11H12BrFN4. The quantitative estimate of drug-likeness (QED) is 0.942. The Morgan fingerprint density at radius 3 is 2.88 bits per heavy atom. The van der Waals surface area contributed by atoms with Crippen molar-refractivity contribution in [1.29, 1.82) is 0 Å². The van der Waals surface area contributed by atoms with E-state index in [-0.39, 0.29) is 11.9 Å². The highest BCUT2D eigenvalue weighted by Gasteiger charge is 2.13. The van der Waals surface area contributed by atoms with E-state index < -0.39 is 0 Å². The van der Waals surface area contributed by atoms with Crippen molar-refractivity contribution in [2.75, 3.05) is 0 Å². The number of aryl methyl sites for hydroxylation is 1. The molecule has 4 nitrogen and oxygen atoms in total. The molecule has 17 heavy (non-hydrogen) atoms. The lowest BCUT2D eigenvalue weighted by Gasteiger charge is -2.13. The highest BCUT2D eigenvalue weighted by Crippen LogP contribution is 2.24. The molecule has 1 heterocycles. The number of hydrogen-bond donors (Lipinski definition) is 1. The van der Waals surface area contributed by atoms with Gasteiger partial charge < -0.3 is 5.73 Å². The van der Waals surface area contributed by atoms with E-state index in [9.17, 15) is 4.39 Å². The summed E-state index contributed by atoms with van der Waals surface area (Å²) in [7, 11) is 1.81. The Kier molecular flexibility index (Phi) is 3.54. The Morgan fingerprint density at radius 1 is 1.53 bits per heavy atom. The number of nitrogens with zero attached hydrogens (tertiary/aromatic N) is 3. The molecule has 0 amide bonds. The van der Waals surface area contributed by atoms with Gasteiger partial charge in [0, 0.05) is 24.0 Å². The fourth-order valence-corrected chi connectivity index (χ4v) is 2.26. The molecule has 0 saturated carbocycles. The smallest absolute Gasteiger partial charge is 0.138 e. The molecule has 1 aromatic heterocycles. The van der Waals surface area contributed by atoms with Crippen LogP contribution in [-0.2, 0) is 13.5 Å². The SMILES string of the molecule is Cn1ncnc1CC(N)c1ccc(F)cc1Br. The van der Waals surface area contributed by atoms with Gasteiger partial charge in [-0.25, -0.2) is 9.37 Å². The number of halogens is 2. The summed E-state index contributed by atoms with van der Waals surface area (Å²) in [5.41, 5.74) is 6.93. The molecule has 90 valence electrons. The molecule has 0 fully saturated rings. The molecule has 0 spiro atoms. The second kappa shape index (κ2) is 4.93. The second-order valence-electron chi connectivity index (χ2n) is 3.78. The first-order valence-electron chi connectivity index (χ1n) is 5.11. The van der Waals surface area contributed by atoms with Gasteiger partial charge in [0.1, 0.15) is 18.0 Å². The molecule has 0 bridgehead atoms. The summed E-state index contributed by atoms with van der Waals surface area (Å²) >= 11 is 3.31. The third kappa shape index (κ3) is 2.70. The largest absolute Gasteiger partial charge is 0.324 e. The Hall–Kier alpha value is -1.27. The van der Waals surface area contributed by atoms with Gasteiger partial charge in [-0.05, 0) is 17.7 Å². The first kappa shape index (κ1) is 12.2. The van der Waals surface area contributed by atoms with E-state index in [0.717, 1.165) is 11.4 Å². The number of hydrogen-bond acceptors (Lipinski definition) is 3. The van der Waals surface area contributed by atoms with Gasteiger partial charge in [-0.3, -0.25) is 4.68 Å². The van der Waals surface area contributed by atoms with Gasteiger partial charge in [-0.2, -0.15) is 5.10 Å². The van der Waals surface area contributed by atoms with Crippen molar-refractivity contribution in [3.05, 3.63) is 46.2 Å². The van der Waals surface area contributed by atoms with Crippen molar-refractivity contribution >= 4 is 15.9 Å². The van der Waals surface area contributed by atoms with Crippen molar-refractivity contribution < 1.29 is 4.39 Å². The summed E-state index contributed by atoms with van der Waals surface area (Å²) in [5.74, 6) is 0.514. The minimum absolute atomic E-state index is 0.243. The zero-order chi connectivity index (χ0) is 12.4. The van der Waals surface area contributed by atoms with Gasteiger partial charge in [0.25, 0.3) is 0 Å². The molecule has 0 aliphatic heterocycles. The van der Waals surface area contributed by atoms with Crippen LogP contribution in [0.2, 0.25) is 0 Å². The van der Waals surface area contributed by atoms with Gasteiger partial charge >= 0.3 is 0 Å². The lowest BCUT2D eigenvalue weighted by atomic mass is 10.0. The van der Waals surface area contributed by atoms with E-state index in [1.807, 2.05) is 7.05 Å². The van der Waals surface area contributed by atoms with Crippen molar-refractivity contribution in [2.24, 2.45) is 12.8 Å². The molecule has 0 saturated heterocycles. The van der Waals surface area contributed by atoms with Crippen LogP contribution in [0.1, 0.15) is 17.4 Å². The Balaban J connectivity index is 2.20. The van der Waals surface area contributed by atoms with E-state index in [1.165, 1.54) is 18.5 Å². The van der Waals surface area contributed by atoms with E-state index in [4.69, 9.17) is 5.73 Å². The predicted octanol–water partition coefficient (Wildman–Crippen LogP) is 1.96. The molecule has 0 aliphatic rings. The normalized spacial score (nSPS) is 12.7. The molecule has 2 N–H and O–H groups in total. The van der Waals surface area contributed by atoms with Crippen LogP contribution in [0.5, 0.6) is 0 Å². The lowest BCUT2D eigenvalue weighted by molar-refractivity contribution is 0.613. The van der Waals surface area contributed by atoms with Crippen LogP contribution in [0.3, 0.4) is 0 Å². The van der Waals surface area contributed by atoms with Gasteiger partial charge in [-0.15, -0.1) is 0 Å². The number of benzene rings is 1. The average molecular weight is 299 g/mol. The molecule has 0 aliphatic carbocycles. The molecule has 1 aromatic carbocycles. The minimum Gasteiger partial charge on any atom is -0.324 e. The minimum atomic E-state index is -0.286. The van der Waals surface area contributed by atoms with Crippen LogP contribution in [0.15, 0.2) is 29.0 Å². The van der Waals surface area contributed by atoms with Gasteiger partial charge in [0.2, 0.25) is 0 Å². The van der Waals surface area contributed by atoms with Crippen molar-refractivity contribution in [1.82, 2.24) is 14.8 Å². The summed E-state index contributed by atoms with van der Waals surface area (Å²) in [6.45, 7) is 0. The van der Waals surface area contributed by atoms with Crippen molar-refractivity contribution in [3.63, 3.8) is 0 Å².